The van der Waals surface area contributed by atoms with Crippen LogP contribution in [0.15, 0.2) is 9.93 Å². The van der Waals surface area contributed by atoms with Gasteiger partial charge in [-0.2, -0.15) is 0 Å². The molecule has 3 aliphatic rings. The van der Waals surface area contributed by atoms with Gasteiger partial charge in [-0.05, 0) is 31.0 Å². The molecule has 2 saturated heterocycles. The molecule has 0 radical (unpaired) electrons. The molecule has 1 N–H and O–H groups in total. The number of rotatable bonds is 7. The summed E-state index contributed by atoms with van der Waals surface area (Å²) in [5.41, 5.74) is 0.115. The quantitative estimate of drug-likeness (QED) is 0.457. The average molecular weight is 464 g/mol. The Morgan fingerprint density at radius 3 is 2.64 bits per heavy atom. The third-order valence-corrected chi connectivity index (χ3v) is 15.2. The number of hydrogen-bond donors (Lipinski definition) is 1. The summed E-state index contributed by atoms with van der Waals surface area (Å²) in [6.45, 7) is 11.5. The third-order valence-electron chi connectivity index (χ3n) is 6.03. The standard InChI is InChI=1S/C18H29NO5S3Si/c1-18(2,3)28(4,5)24-8-6-12-14(20)19-13(16(21)22)17(26-15(12)19)25-11-7-9-27(23)10-11/h11-12,15H,6-10H2,1-5H3,(H,21,22)/t11-,12-,15+,27+/m0/s1. The van der Waals surface area contributed by atoms with E-state index >= 15 is 0 Å². The van der Waals surface area contributed by atoms with Crippen molar-refractivity contribution in [2.24, 2.45) is 5.92 Å². The van der Waals surface area contributed by atoms with Crippen molar-refractivity contribution in [3.8, 4) is 0 Å². The Morgan fingerprint density at radius 2 is 2.11 bits per heavy atom. The smallest absolute Gasteiger partial charge is 0.354 e. The van der Waals surface area contributed by atoms with Crippen LogP contribution >= 0.6 is 23.5 Å². The Bertz CT molecular complexity index is 733. The zero-order valence-electron chi connectivity index (χ0n) is 17.0. The van der Waals surface area contributed by atoms with Crippen LogP contribution in [0.2, 0.25) is 18.1 Å². The maximum atomic E-state index is 12.7. The molecular weight excluding hydrogens is 434 g/mol. The van der Waals surface area contributed by atoms with Gasteiger partial charge in [0.05, 0.1) is 15.5 Å². The average Bonchev–Trinajstić information content (AvgIpc) is 3.12. The summed E-state index contributed by atoms with van der Waals surface area (Å²) in [6.07, 6.45) is 1.45. The van der Waals surface area contributed by atoms with E-state index in [-0.39, 0.29) is 33.2 Å². The lowest BCUT2D eigenvalue weighted by Gasteiger charge is -2.43. The summed E-state index contributed by atoms with van der Waals surface area (Å²) < 4.78 is 18.5. The lowest BCUT2D eigenvalue weighted by molar-refractivity contribution is -0.152. The van der Waals surface area contributed by atoms with E-state index in [4.69, 9.17) is 4.43 Å². The number of β-lactam (4-membered cyclic amide) rings is 1. The van der Waals surface area contributed by atoms with Gasteiger partial charge in [0, 0.05) is 34.2 Å². The third kappa shape index (κ3) is 4.26. The molecule has 0 aliphatic carbocycles. The number of carboxylic acid groups (broad SMARTS) is 1. The molecule has 6 nitrogen and oxygen atoms in total. The lowest BCUT2D eigenvalue weighted by atomic mass is 9.94. The molecule has 0 saturated carbocycles. The normalized spacial score (nSPS) is 30.6. The van der Waals surface area contributed by atoms with Gasteiger partial charge in [0.1, 0.15) is 0 Å². The Labute approximate surface area is 178 Å². The summed E-state index contributed by atoms with van der Waals surface area (Å²) in [5.74, 6) is -0.0816. The van der Waals surface area contributed by atoms with Gasteiger partial charge in [-0.3, -0.25) is 13.9 Å². The molecule has 3 heterocycles. The van der Waals surface area contributed by atoms with E-state index in [0.29, 0.717) is 28.8 Å². The van der Waals surface area contributed by atoms with Crippen molar-refractivity contribution in [2.75, 3.05) is 18.1 Å². The fourth-order valence-corrected chi connectivity index (χ4v) is 9.48. The van der Waals surface area contributed by atoms with Crippen LogP contribution in [0.3, 0.4) is 0 Å². The highest BCUT2D eigenvalue weighted by atomic mass is 32.2. The largest absolute Gasteiger partial charge is 0.477 e. The summed E-state index contributed by atoms with van der Waals surface area (Å²) in [4.78, 5) is 25.9. The number of fused-ring (bicyclic) bond motifs is 1. The highest BCUT2D eigenvalue weighted by Crippen LogP contribution is 2.55. The van der Waals surface area contributed by atoms with Gasteiger partial charge in [0.2, 0.25) is 5.91 Å². The van der Waals surface area contributed by atoms with Gasteiger partial charge in [-0.15, -0.1) is 11.8 Å². The van der Waals surface area contributed by atoms with Crippen LogP contribution in [0.25, 0.3) is 0 Å². The fraction of sp³-hybridized carbons (Fsp3) is 0.778. The molecule has 2 fully saturated rings. The second-order valence-corrected chi connectivity index (χ2v) is 18.1. The van der Waals surface area contributed by atoms with Crippen molar-refractivity contribution in [3.63, 3.8) is 0 Å². The minimum Gasteiger partial charge on any atom is -0.477 e. The molecule has 0 aromatic carbocycles. The summed E-state index contributed by atoms with van der Waals surface area (Å²) >= 11 is 2.97. The zero-order valence-corrected chi connectivity index (χ0v) is 20.5. The minimum absolute atomic E-state index is 0.112. The molecule has 0 unspecified atom stereocenters. The molecule has 10 heteroatoms. The maximum Gasteiger partial charge on any atom is 0.354 e. The van der Waals surface area contributed by atoms with Crippen molar-refractivity contribution in [2.45, 2.75) is 62.4 Å². The van der Waals surface area contributed by atoms with Crippen molar-refractivity contribution in [1.82, 2.24) is 4.90 Å². The molecule has 0 bridgehead atoms. The number of amides is 1. The monoisotopic (exact) mass is 463 g/mol. The molecule has 4 atom stereocenters. The van der Waals surface area contributed by atoms with Gasteiger partial charge < -0.3 is 9.53 Å². The first-order valence-corrected chi connectivity index (χ1v) is 15.7. The number of aliphatic carboxylic acids is 1. The lowest BCUT2D eigenvalue weighted by Crippen LogP contribution is -2.57. The van der Waals surface area contributed by atoms with Crippen LogP contribution in [-0.4, -0.2) is 63.1 Å². The van der Waals surface area contributed by atoms with Gasteiger partial charge in [0.15, 0.2) is 14.0 Å². The molecule has 0 aromatic rings. The van der Waals surface area contributed by atoms with Gasteiger partial charge in [0.25, 0.3) is 0 Å². The summed E-state index contributed by atoms with van der Waals surface area (Å²) in [6, 6.07) is 0. The van der Waals surface area contributed by atoms with Crippen molar-refractivity contribution in [1.29, 1.82) is 0 Å². The summed E-state index contributed by atoms with van der Waals surface area (Å²) in [7, 11) is -2.67. The number of carboxylic acids is 1. The van der Waals surface area contributed by atoms with Crippen LogP contribution in [-0.2, 0) is 24.8 Å². The number of thioether (sulfide) groups is 2. The predicted octanol–water partition coefficient (Wildman–Crippen LogP) is 3.44. The molecular formula is C18H29NO5S3Si. The molecule has 158 valence electrons. The topological polar surface area (TPSA) is 83.9 Å². The van der Waals surface area contributed by atoms with Crippen LogP contribution in [0.5, 0.6) is 0 Å². The maximum absolute atomic E-state index is 12.7. The highest BCUT2D eigenvalue weighted by molar-refractivity contribution is 8.23. The Kier molecular flexibility index (Phi) is 6.47. The Balaban J connectivity index is 1.62. The van der Waals surface area contributed by atoms with E-state index in [1.54, 1.807) is 0 Å². The van der Waals surface area contributed by atoms with E-state index in [1.165, 1.54) is 28.4 Å². The minimum atomic E-state index is -1.86. The number of carbonyl (C=O) groups excluding carboxylic acids is 1. The van der Waals surface area contributed by atoms with Crippen LogP contribution in [0.4, 0.5) is 0 Å². The van der Waals surface area contributed by atoms with E-state index in [1.807, 2.05) is 0 Å². The van der Waals surface area contributed by atoms with Crippen LogP contribution in [0, 0.1) is 5.92 Å². The molecule has 0 spiro atoms. The molecule has 1 amide bonds. The highest BCUT2D eigenvalue weighted by Gasteiger charge is 2.56. The molecule has 0 aromatic heterocycles. The van der Waals surface area contributed by atoms with Crippen LogP contribution in [0.1, 0.15) is 33.6 Å². The van der Waals surface area contributed by atoms with Crippen LogP contribution < -0.4 is 0 Å². The van der Waals surface area contributed by atoms with Crippen molar-refractivity contribution < 1.29 is 23.3 Å². The molecule has 3 rings (SSSR count). The van der Waals surface area contributed by atoms with Gasteiger partial charge in [-0.1, -0.05) is 32.5 Å². The fourth-order valence-electron chi connectivity index (χ4n) is 3.24. The van der Waals surface area contributed by atoms with Crippen molar-refractivity contribution in [3.05, 3.63) is 9.93 Å². The summed E-state index contributed by atoms with van der Waals surface area (Å²) in [5, 5.41) is 9.80. The molecule has 3 aliphatic heterocycles. The van der Waals surface area contributed by atoms with E-state index in [0.717, 1.165) is 6.42 Å². The molecule has 28 heavy (non-hydrogen) atoms. The van der Waals surface area contributed by atoms with Gasteiger partial charge in [-0.25, -0.2) is 4.79 Å². The Hall–Kier alpha value is -0.293. The second-order valence-electron chi connectivity index (χ2n) is 9.00. The number of hydrogen-bond acceptors (Lipinski definition) is 6. The van der Waals surface area contributed by atoms with Crippen molar-refractivity contribution >= 4 is 54.5 Å². The zero-order chi connectivity index (χ0) is 20.9. The number of nitrogens with zero attached hydrogens (tertiary/aromatic N) is 1. The Morgan fingerprint density at radius 1 is 1.43 bits per heavy atom. The van der Waals surface area contributed by atoms with Gasteiger partial charge >= 0.3 is 5.97 Å². The first-order valence-electron chi connectivity index (χ1n) is 9.55. The SMILES string of the molecule is CC(C)(C)[Si](C)(C)OCC[C@H]1C(=O)N2C(C(=O)O)=C(S[C@H]3CC[S@@](=O)C3)S[C@H]12. The second kappa shape index (κ2) is 8.09. The van der Waals surface area contributed by atoms with E-state index in [2.05, 4.69) is 33.9 Å². The first-order chi connectivity index (χ1) is 12.9. The predicted molar refractivity (Wildman–Crippen MR) is 118 cm³/mol. The van der Waals surface area contributed by atoms with E-state index in [9.17, 15) is 18.9 Å². The number of carbonyl (C=O) groups is 2. The van der Waals surface area contributed by atoms with E-state index < -0.39 is 25.1 Å². The first kappa shape index (κ1) is 22.4.